The molecule has 1 saturated heterocycles. The molecule has 3 rings (SSSR count). The maximum atomic E-state index is 13.2. The lowest BCUT2D eigenvalue weighted by Gasteiger charge is -2.43. The Bertz CT molecular complexity index is 874. The van der Waals surface area contributed by atoms with Gasteiger partial charge in [0, 0.05) is 39.6 Å². The van der Waals surface area contributed by atoms with E-state index in [2.05, 4.69) is 6.58 Å². The predicted octanol–water partition coefficient (Wildman–Crippen LogP) is 3.16. The summed E-state index contributed by atoms with van der Waals surface area (Å²) in [5.41, 5.74) is 1.36. The number of ketones is 1. The van der Waals surface area contributed by atoms with E-state index in [1.54, 1.807) is 13.0 Å². The van der Waals surface area contributed by atoms with Crippen molar-refractivity contribution in [2.24, 2.45) is 5.89 Å². The minimum absolute atomic E-state index is 0.0963. The number of piperidine rings is 1. The molecule has 0 amide bonds. The highest BCUT2D eigenvalue weighted by atomic mass is 16.5. The molecule has 0 aromatic heterocycles. The molecule has 3 atom stereocenters. The monoisotopic (exact) mass is 321 g/mol. The van der Waals surface area contributed by atoms with Crippen molar-refractivity contribution in [3.05, 3.63) is 35.4 Å². The number of benzene rings is 1. The molecular weight excluding hydrogens is 290 g/mol. The predicted molar refractivity (Wildman–Crippen MR) is 90.1 cm³/mol. The van der Waals surface area contributed by atoms with E-state index in [9.17, 15) is 4.79 Å². The van der Waals surface area contributed by atoms with Gasteiger partial charge in [-0.25, -0.2) is 0 Å². The summed E-state index contributed by atoms with van der Waals surface area (Å²) in [5, 5.41) is 0. The molecule has 2 aliphatic heterocycles. The van der Waals surface area contributed by atoms with Crippen molar-refractivity contribution < 1.29 is 22.5 Å². The smallest absolute Gasteiger partial charge is 0.161 e. The number of aryl methyl sites for hydroxylation is 1. The molecule has 0 radical (unpaired) electrons. The molecule has 124 valence electrons. The van der Waals surface area contributed by atoms with Crippen LogP contribution in [0.25, 0.3) is 0 Å². The molecule has 2 aliphatic rings. The van der Waals surface area contributed by atoms with Gasteiger partial charge in [-0.3, -0.25) is 9.69 Å². The molecule has 0 bridgehead atoms. The van der Waals surface area contributed by atoms with Crippen molar-refractivity contribution in [2.45, 2.75) is 32.2 Å². The minimum Gasteiger partial charge on any atom is -0.493 e. The molecule has 2 heterocycles. The standard InChI is InChI=1S/C19H25NO3/c1-12(2)7-14-11-20-6-5-13-8-18(22-3)19(23-4)9-15(13)16(20)10-17(14)21/h8-9,14,16H,1,5-7,10-11H2,2-4H3/i6D,10D2,11D2,14D. The van der Waals surface area contributed by atoms with Gasteiger partial charge < -0.3 is 9.47 Å². The van der Waals surface area contributed by atoms with Crippen LogP contribution in [-0.2, 0) is 11.2 Å². The van der Waals surface area contributed by atoms with E-state index in [1.165, 1.54) is 20.3 Å². The highest BCUT2D eigenvalue weighted by molar-refractivity contribution is 5.83. The third kappa shape index (κ3) is 3.00. The summed E-state index contributed by atoms with van der Waals surface area (Å²) in [6.07, 6.45) is -2.82. The normalized spacial score (nSPS) is 38.5. The van der Waals surface area contributed by atoms with Crippen LogP contribution < -0.4 is 9.47 Å². The first-order chi connectivity index (χ1) is 13.3. The zero-order chi connectivity index (χ0) is 21.9. The quantitative estimate of drug-likeness (QED) is 0.799. The van der Waals surface area contributed by atoms with Crippen molar-refractivity contribution in [3.8, 4) is 11.5 Å². The molecule has 4 nitrogen and oxygen atoms in total. The molecular formula is C19H25NO3. The summed E-state index contributed by atoms with van der Waals surface area (Å²) < 4.78 is 62.3. The van der Waals surface area contributed by atoms with Crippen LogP contribution in [0, 0.1) is 5.89 Å². The van der Waals surface area contributed by atoms with Crippen LogP contribution in [0.3, 0.4) is 0 Å². The third-order valence-corrected chi connectivity index (χ3v) is 4.01. The lowest BCUT2D eigenvalue weighted by atomic mass is 9.81. The molecule has 3 unspecified atom stereocenters. The van der Waals surface area contributed by atoms with Gasteiger partial charge in [0.25, 0.3) is 0 Å². The van der Waals surface area contributed by atoms with Gasteiger partial charge in [-0.05, 0) is 43.0 Å². The van der Waals surface area contributed by atoms with Gasteiger partial charge >= 0.3 is 0 Å². The Balaban J connectivity index is 2.27. The molecule has 1 aromatic rings. The molecule has 1 aromatic carbocycles. The number of allylic oxidation sites excluding steroid dienone is 1. The fourth-order valence-corrected chi connectivity index (χ4v) is 2.92. The number of rotatable bonds is 4. The summed E-state index contributed by atoms with van der Waals surface area (Å²) in [7, 11) is 2.89. The van der Waals surface area contributed by atoms with Crippen LogP contribution in [0.4, 0.5) is 0 Å². The number of hydrogen-bond donors (Lipinski definition) is 0. The van der Waals surface area contributed by atoms with E-state index in [0.717, 1.165) is 4.90 Å². The van der Waals surface area contributed by atoms with Gasteiger partial charge in [0.05, 0.1) is 14.2 Å². The van der Waals surface area contributed by atoms with E-state index in [-0.39, 0.29) is 12.8 Å². The number of hydrogen-bond acceptors (Lipinski definition) is 4. The van der Waals surface area contributed by atoms with Gasteiger partial charge in [-0.1, -0.05) is 5.57 Å². The van der Waals surface area contributed by atoms with Gasteiger partial charge in [-0.2, -0.15) is 0 Å². The van der Waals surface area contributed by atoms with E-state index in [1.807, 2.05) is 0 Å². The Hall–Kier alpha value is -1.81. The van der Waals surface area contributed by atoms with E-state index >= 15 is 0 Å². The lowest BCUT2D eigenvalue weighted by molar-refractivity contribution is -0.128. The van der Waals surface area contributed by atoms with Crippen molar-refractivity contribution >= 4 is 5.78 Å². The van der Waals surface area contributed by atoms with E-state index < -0.39 is 37.1 Å². The lowest BCUT2D eigenvalue weighted by Crippen LogP contribution is -2.46. The molecule has 0 aliphatic carbocycles. The van der Waals surface area contributed by atoms with Gasteiger partial charge in [-0.15, -0.1) is 6.58 Å². The maximum Gasteiger partial charge on any atom is 0.161 e. The fraction of sp³-hybridized carbons (Fsp3) is 0.526. The topological polar surface area (TPSA) is 38.8 Å². The van der Waals surface area contributed by atoms with Gasteiger partial charge in [0.2, 0.25) is 0 Å². The maximum absolute atomic E-state index is 13.2. The Morgan fingerprint density at radius 3 is 2.78 bits per heavy atom. The zero-order valence-corrected chi connectivity index (χ0v) is 13.6. The molecule has 4 heteroatoms. The highest BCUT2D eigenvalue weighted by Gasteiger charge is 2.38. The number of nitrogens with zero attached hydrogens (tertiary/aromatic N) is 1. The van der Waals surface area contributed by atoms with Crippen LogP contribution in [-0.4, -0.2) is 37.9 Å². The first-order valence-corrected chi connectivity index (χ1v) is 7.47. The van der Waals surface area contributed by atoms with E-state index in [4.69, 9.17) is 17.7 Å². The van der Waals surface area contributed by atoms with Crippen LogP contribution in [0.1, 0.15) is 45.1 Å². The van der Waals surface area contributed by atoms with Crippen LogP contribution >= 0.6 is 0 Å². The second kappa shape index (κ2) is 6.36. The summed E-state index contributed by atoms with van der Waals surface area (Å²) in [5.74, 6) is -2.82. The Morgan fingerprint density at radius 1 is 1.43 bits per heavy atom. The number of Topliss-reactive ketones (excluding diaryl/α,β-unsaturated/α-hetero) is 1. The number of ether oxygens (including phenoxy) is 2. The van der Waals surface area contributed by atoms with E-state index in [0.29, 0.717) is 28.2 Å². The second-order valence-electron chi connectivity index (χ2n) is 5.80. The van der Waals surface area contributed by atoms with Gasteiger partial charge in [0.1, 0.15) is 5.78 Å². The van der Waals surface area contributed by atoms with Crippen molar-refractivity contribution in [3.63, 3.8) is 0 Å². The van der Waals surface area contributed by atoms with Crippen LogP contribution in [0.2, 0.25) is 0 Å². The minimum atomic E-state index is -2.59. The first-order valence-electron chi connectivity index (χ1n) is 10.6. The Kier molecular flexibility index (Phi) is 2.80. The number of fused-ring (bicyclic) bond motifs is 3. The zero-order valence-electron chi connectivity index (χ0n) is 19.6. The average molecular weight is 321 g/mol. The molecule has 23 heavy (non-hydrogen) atoms. The van der Waals surface area contributed by atoms with Crippen molar-refractivity contribution in [2.75, 3.05) is 27.2 Å². The fourth-order valence-electron chi connectivity index (χ4n) is 2.92. The number of carbonyl (C=O) groups is 1. The third-order valence-electron chi connectivity index (χ3n) is 4.01. The van der Waals surface area contributed by atoms with Crippen molar-refractivity contribution in [1.82, 2.24) is 4.90 Å². The summed E-state index contributed by atoms with van der Waals surface area (Å²) in [4.78, 5) is 14.2. The Labute approximate surface area is 146 Å². The second-order valence-corrected chi connectivity index (χ2v) is 5.80. The van der Waals surface area contributed by atoms with Crippen LogP contribution in [0.15, 0.2) is 24.3 Å². The SMILES string of the molecule is [2H]C1Cc2cc(OC)c(OC)cc2C2N1C([2H])([2H])C([2H])(CC(=C)C)C(=O)C2([2H])[2H]. The van der Waals surface area contributed by atoms with Crippen LogP contribution in [0.5, 0.6) is 11.5 Å². The number of carbonyl (C=O) groups excluding carboxylic acids is 1. The van der Waals surface area contributed by atoms with Gasteiger partial charge in [0.15, 0.2) is 11.5 Å². The molecule has 1 fully saturated rings. The summed E-state index contributed by atoms with van der Waals surface area (Å²) in [6, 6.07) is 1.81. The molecule has 0 spiro atoms. The largest absolute Gasteiger partial charge is 0.493 e. The summed E-state index contributed by atoms with van der Waals surface area (Å²) >= 11 is 0. The average Bonchev–Trinajstić information content (AvgIpc) is 2.63. The summed E-state index contributed by atoms with van der Waals surface area (Å²) in [6.45, 7) is 1.50. The highest BCUT2D eigenvalue weighted by Crippen LogP contribution is 2.42. The Morgan fingerprint density at radius 2 is 2.13 bits per heavy atom. The van der Waals surface area contributed by atoms with Crippen molar-refractivity contribution in [1.29, 1.82) is 0 Å². The molecule has 0 N–H and O–H groups in total. The number of methoxy groups -OCH3 is 2. The molecule has 0 saturated carbocycles. The first kappa shape index (κ1) is 10.1.